The fourth-order valence-corrected chi connectivity index (χ4v) is 2.09. The van der Waals surface area contributed by atoms with Crippen LogP contribution in [0.25, 0.3) is 0 Å². The van der Waals surface area contributed by atoms with Crippen LogP contribution in [0.4, 0.5) is 0 Å². The molecule has 0 aliphatic heterocycles. The van der Waals surface area contributed by atoms with Crippen LogP contribution in [0.3, 0.4) is 0 Å². The maximum absolute atomic E-state index is 9.70. The Morgan fingerprint density at radius 3 is 2.35 bits per heavy atom. The summed E-state index contributed by atoms with van der Waals surface area (Å²) in [5.41, 5.74) is 1.99. The highest BCUT2D eigenvalue weighted by Crippen LogP contribution is 2.18. The minimum Gasteiger partial charge on any atom is -0.507 e. The van der Waals surface area contributed by atoms with Gasteiger partial charge in [0.1, 0.15) is 5.75 Å². The number of benzene rings is 2. The maximum Gasteiger partial charge on any atom is 0.124 e. The lowest BCUT2D eigenvalue weighted by Crippen LogP contribution is -2.22. The van der Waals surface area contributed by atoms with E-state index >= 15 is 0 Å². The molecule has 0 saturated heterocycles. The Labute approximate surface area is 120 Å². The number of phenolic OH excluding ortho intramolecular Hbond substituents is 1. The van der Waals surface area contributed by atoms with E-state index in [2.05, 4.69) is 22.0 Å². The molecule has 0 aromatic heterocycles. The van der Waals surface area contributed by atoms with Crippen LogP contribution in [-0.2, 0) is 0 Å². The molecule has 3 nitrogen and oxygen atoms in total. The molecule has 0 saturated carbocycles. The zero-order valence-corrected chi connectivity index (χ0v) is 11.9. The Bertz CT molecular complexity index is 564. The quantitative estimate of drug-likeness (QED) is 0.846. The molecule has 0 unspecified atom stereocenters. The van der Waals surface area contributed by atoms with Crippen molar-refractivity contribution >= 4 is 6.21 Å². The molecule has 20 heavy (non-hydrogen) atoms. The topological polar surface area (TPSA) is 35.8 Å². The van der Waals surface area contributed by atoms with E-state index in [1.165, 1.54) is 5.56 Å². The van der Waals surface area contributed by atoms with Crippen molar-refractivity contribution in [1.29, 1.82) is 0 Å². The second-order valence-corrected chi connectivity index (χ2v) is 4.94. The van der Waals surface area contributed by atoms with Gasteiger partial charge in [0.05, 0.1) is 12.6 Å². The molecule has 2 aromatic carbocycles. The predicted octanol–water partition coefficient (Wildman–Crippen LogP) is 3.11. The molecule has 0 radical (unpaired) electrons. The second-order valence-electron chi connectivity index (χ2n) is 4.94. The molecular formula is C17H20N2O. The van der Waals surface area contributed by atoms with Gasteiger partial charge in [0.2, 0.25) is 0 Å². The van der Waals surface area contributed by atoms with E-state index in [0.717, 1.165) is 5.56 Å². The number of hydrogen-bond acceptors (Lipinski definition) is 3. The van der Waals surface area contributed by atoms with Gasteiger partial charge in [0.25, 0.3) is 0 Å². The molecule has 104 valence electrons. The van der Waals surface area contributed by atoms with Gasteiger partial charge >= 0.3 is 0 Å². The zero-order valence-electron chi connectivity index (χ0n) is 11.9. The van der Waals surface area contributed by atoms with Crippen molar-refractivity contribution in [3.63, 3.8) is 0 Å². The summed E-state index contributed by atoms with van der Waals surface area (Å²) in [5, 5.41) is 9.70. The SMILES string of the molecule is CN(C)[C@@H](CN=Cc1ccccc1O)c1ccccc1. The highest BCUT2D eigenvalue weighted by atomic mass is 16.3. The number of aliphatic imine (C=N–C) groups is 1. The van der Waals surface area contributed by atoms with Gasteiger partial charge in [-0.1, -0.05) is 42.5 Å². The van der Waals surface area contributed by atoms with E-state index in [9.17, 15) is 5.11 Å². The van der Waals surface area contributed by atoms with Crippen LogP contribution in [-0.4, -0.2) is 36.9 Å². The number of nitrogens with zero attached hydrogens (tertiary/aromatic N) is 2. The lowest BCUT2D eigenvalue weighted by Gasteiger charge is -2.22. The van der Waals surface area contributed by atoms with Crippen molar-refractivity contribution in [3.8, 4) is 5.75 Å². The summed E-state index contributed by atoms with van der Waals surface area (Å²) in [6, 6.07) is 17.8. The number of rotatable bonds is 5. The summed E-state index contributed by atoms with van der Waals surface area (Å²) in [5.74, 6) is 0.261. The largest absolute Gasteiger partial charge is 0.507 e. The Hall–Kier alpha value is -2.13. The lowest BCUT2D eigenvalue weighted by molar-refractivity contribution is 0.307. The fourth-order valence-electron chi connectivity index (χ4n) is 2.09. The molecule has 0 amide bonds. The van der Waals surface area contributed by atoms with Gasteiger partial charge in [-0.2, -0.15) is 0 Å². The van der Waals surface area contributed by atoms with Gasteiger partial charge in [-0.15, -0.1) is 0 Å². The van der Waals surface area contributed by atoms with Gasteiger partial charge in [0, 0.05) is 11.8 Å². The van der Waals surface area contributed by atoms with Crippen molar-refractivity contribution in [3.05, 3.63) is 65.7 Å². The summed E-state index contributed by atoms with van der Waals surface area (Å²) in [4.78, 5) is 6.62. The standard InChI is InChI=1S/C17H20N2O/c1-19(2)16(14-8-4-3-5-9-14)13-18-12-15-10-6-7-11-17(15)20/h3-12,16,20H,13H2,1-2H3/t16-/m0/s1. The maximum atomic E-state index is 9.70. The van der Waals surface area contributed by atoms with Crippen molar-refractivity contribution in [1.82, 2.24) is 4.90 Å². The zero-order chi connectivity index (χ0) is 14.4. The Morgan fingerprint density at radius 1 is 1.05 bits per heavy atom. The van der Waals surface area contributed by atoms with Crippen LogP contribution in [0.5, 0.6) is 5.75 Å². The summed E-state index contributed by atoms with van der Waals surface area (Å²) in [6.45, 7) is 0.658. The van der Waals surface area contributed by atoms with Crippen LogP contribution in [0.15, 0.2) is 59.6 Å². The Kier molecular flexibility index (Phi) is 4.91. The van der Waals surface area contributed by atoms with Gasteiger partial charge in [-0.25, -0.2) is 0 Å². The van der Waals surface area contributed by atoms with Crippen molar-refractivity contribution < 1.29 is 5.11 Å². The third-order valence-corrected chi connectivity index (χ3v) is 3.25. The third-order valence-electron chi connectivity index (χ3n) is 3.25. The highest BCUT2D eigenvalue weighted by molar-refractivity contribution is 5.83. The Morgan fingerprint density at radius 2 is 1.70 bits per heavy atom. The van der Waals surface area contributed by atoms with Gasteiger partial charge in [-0.3, -0.25) is 4.99 Å². The summed E-state index contributed by atoms with van der Waals surface area (Å²) in [6.07, 6.45) is 1.73. The molecule has 1 N–H and O–H groups in total. The van der Waals surface area contributed by atoms with Gasteiger partial charge in [-0.05, 0) is 31.8 Å². The first-order valence-electron chi connectivity index (χ1n) is 6.67. The summed E-state index contributed by atoms with van der Waals surface area (Å²) < 4.78 is 0. The molecule has 2 rings (SSSR count). The third kappa shape index (κ3) is 3.68. The second kappa shape index (κ2) is 6.87. The molecule has 0 aliphatic rings. The summed E-state index contributed by atoms with van der Waals surface area (Å²) in [7, 11) is 4.10. The molecule has 0 heterocycles. The average Bonchev–Trinajstić information content (AvgIpc) is 2.46. The smallest absolute Gasteiger partial charge is 0.124 e. The number of likely N-dealkylation sites (N-methyl/N-ethyl adjacent to an activating group) is 1. The summed E-state index contributed by atoms with van der Waals surface area (Å²) >= 11 is 0. The Balaban J connectivity index is 2.09. The van der Waals surface area contributed by atoms with Crippen LogP contribution < -0.4 is 0 Å². The molecule has 0 spiro atoms. The first-order valence-corrected chi connectivity index (χ1v) is 6.67. The minimum atomic E-state index is 0.235. The molecule has 1 atom stereocenters. The average molecular weight is 268 g/mol. The molecule has 3 heteroatoms. The molecule has 2 aromatic rings. The van der Waals surface area contributed by atoms with E-state index in [4.69, 9.17) is 0 Å². The fraction of sp³-hybridized carbons (Fsp3) is 0.235. The van der Waals surface area contributed by atoms with E-state index in [-0.39, 0.29) is 11.8 Å². The van der Waals surface area contributed by atoms with E-state index < -0.39 is 0 Å². The number of phenols is 1. The van der Waals surface area contributed by atoms with E-state index in [0.29, 0.717) is 6.54 Å². The van der Waals surface area contributed by atoms with E-state index in [1.54, 1.807) is 18.3 Å². The first-order chi connectivity index (χ1) is 9.68. The lowest BCUT2D eigenvalue weighted by atomic mass is 10.1. The predicted molar refractivity (Wildman–Crippen MR) is 83.4 cm³/mol. The first kappa shape index (κ1) is 14.3. The molecular weight excluding hydrogens is 248 g/mol. The van der Waals surface area contributed by atoms with Crippen molar-refractivity contribution in [2.45, 2.75) is 6.04 Å². The molecule has 0 aliphatic carbocycles. The molecule has 0 fully saturated rings. The number of hydrogen-bond donors (Lipinski definition) is 1. The van der Waals surface area contributed by atoms with Crippen LogP contribution in [0.1, 0.15) is 17.2 Å². The number of aromatic hydroxyl groups is 1. The van der Waals surface area contributed by atoms with E-state index in [1.807, 2.05) is 44.4 Å². The highest BCUT2D eigenvalue weighted by Gasteiger charge is 2.12. The molecule has 0 bridgehead atoms. The number of para-hydroxylation sites is 1. The van der Waals surface area contributed by atoms with Gasteiger partial charge in [0.15, 0.2) is 0 Å². The van der Waals surface area contributed by atoms with Crippen molar-refractivity contribution in [2.24, 2.45) is 4.99 Å². The monoisotopic (exact) mass is 268 g/mol. The normalized spacial score (nSPS) is 12.9. The van der Waals surface area contributed by atoms with Crippen LogP contribution >= 0.6 is 0 Å². The van der Waals surface area contributed by atoms with Crippen molar-refractivity contribution in [2.75, 3.05) is 20.6 Å². The van der Waals surface area contributed by atoms with Crippen LogP contribution in [0.2, 0.25) is 0 Å². The van der Waals surface area contributed by atoms with Crippen LogP contribution in [0, 0.1) is 0 Å². The van der Waals surface area contributed by atoms with Gasteiger partial charge < -0.3 is 10.0 Å². The minimum absolute atomic E-state index is 0.235.